The molecule has 1 aliphatic carbocycles. The Morgan fingerprint density at radius 3 is 2.70 bits per heavy atom. The number of thiazole rings is 1. The summed E-state index contributed by atoms with van der Waals surface area (Å²) in [5.74, 6) is 0.912. The largest absolute Gasteiger partial charge is 0.353 e. The Hall–Kier alpha value is -1.10. The number of nitrogens with zero attached hydrogens (tertiary/aromatic N) is 2. The van der Waals surface area contributed by atoms with Gasteiger partial charge in [-0.2, -0.15) is 0 Å². The summed E-state index contributed by atoms with van der Waals surface area (Å²) in [6.07, 6.45) is 9.79. The van der Waals surface area contributed by atoms with Crippen LogP contribution >= 0.6 is 11.3 Å². The molecule has 0 spiro atoms. The number of carbonyl (C=O) groups excluding carboxylic acids is 1. The van der Waals surface area contributed by atoms with Crippen LogP contribution in [0.5, 0.6) is 0 Å². The SMILES string of the molecule is O=C(CC1CCCC1)NC1CCN(c2nccs2)CC1. The molecule has 0 atom stereocenters. The van der Waals surface area contributed by atoms with E-state index in [9.17, 15) is 4.79 Å². The summed E-state index contributed by atoms with van der Waals surface area (Å²) in [5, 5.41) is 6.36. The first-order valence-corrected chi connectivity index (χ1v) is 8.63. The molecule has 110 valence electrons. The smallest absolute Gasteiger partial charge is 0.220 e. The van der Waals surface area contributed by atoms with Crippen LogP contribution in [0.1, 0.15) is 44.9 Å². The molecule has 3 rings (SSSR count). The molecule has 5 heteroatoms. The van der Waals surface area contributed by atoms with Gasteiger partial charge < -0.3 is 10.2 Å². The Kier molecular flexibility index (Phi) is 4.55. The molecule has 1 saturated heterocycles. The van der Waals surface area contributed by atoms with Gasteiger partial charge in [0.15, 0.2) is 5.13 Å². The fourth-order valence-corrected chi connectivity index (χ4v) is 4.05. The van der Waals surface area contributed by atoms with Gasteiger partial charge in [0.2, 0.25) is 5.91 Å². The molecule has 0 bridgehead atoms. The molecule has 0 aromatic carbocycles. The maximum Gasteiger partial charge on any atom is 0.220 e. The zero-order valence-electron chi connectivity index (χ0n) is 11.9. The van der Waals surface area contributed by atoms with Gasteiger partial charge >= 0.3 is 0 Å². The highest BCUT2D eigenvalue weighted by atomic mass is 32.1. The van der Waals surface area contributed by atoms with Crippen molar-refractivity contribution in [2.45, 2.75) is 51.0 Å². The Morgan fingerprint density at radius 1 is 1.30 bits per heavy atom. The van der Waals surface area contributed by atoms with E-state index in [1.165, 1.54) is 25.7 Å². The zero-order valence-corrected chi connectivity index (χ0v) is 12.7. The molecule has 4 nitrogen and oxygen atoms in total. The minimum absolute atomic E-state index is 0.268. The van der Waals surface area contributed by atoms with Crippen molar-refractivity contribution in [3.8, 4) is 0 Å². The third-order valence-corrected chi connectivity index (χ3v) is 5.33. The minimum atomic E-state index is 0.268. The van der Waals surface area contributed by atoms with Crippen molar-refractivity contribution in [2.75, 3.05) is 18.0 Å². The lowest BCUT2D eigenvalue weighted by molar-refractivity contribution is -0.122. The third-order valence-electron chi connectivity index (χ3n) is 4.50. The lowest BCUT2D eigenvalue weighted by atomic mass is 10.0. The quantitative estimate of drug-likeness (QED) is 0.928. The fraction of sp³-hybridized carbons (Fsp3) is 0.733. The van der Waals surface area contributed by atoms with Crippen molar-refractivity contribution in [1.29, 1.82) is 0 Å². The van der Waals surface area contributed by atoms with Crippen LogP contribution in [-0.2, 0) is 4.79 Å². The van der Waals surface area contributed by atoms with Crippen molar-refractivity contribution in [2.24, 2.45) is 5.92 Å². The first-order valence-electron chi connectivity index (χ1n) is 7.75. The second kappa shape index (κ2) is 6.57. The van der Waals surface area contributed by atoms with Crippen molar-refractivity contribution in [3.63, 3.8) is 0 Å². The monoisotopic (exact) mass is 293 g/mol. The first kappa shape index (κ1) is 13.9. The lowest BCUT2D eigenvalue weighted by Gasteiger charge is -2.32. The maximum absolute atomic E-state index is 12.0. The van der Waals surface area contributed by atoms with Crippen molar-refractivity contribution < 1.29 is 4.79 Å². The highest BCUT2D eigenvalue weighted by molar-refractivity contribution is 7.13. The average Bonchev–Trinajstić information content (AvgIpc) is 3.12. The summed E-state index contributed by atoms with van der Waals surface area (Å²) in [4.78, 5) is 18.7. The number of aromatic nitrogens is 1. The van der Waals surface area contributed by atoms with Gasteiger partial charge in [-0.1, -0.05) is 12.8 Å². The Labute approximate surface area is 124 Å². The average molecular weight is 293 g/mol. The van der Waals surface area contributed by atoms with Gasteiger partial charge in [-0.05, 0) is 31.6 Å². The van der Waals surface area contributed by atoms with Crippen LogP contribution in [0.4, 0.5) is 5.13 Å². The summed E-state index contributed by atoms with van der Waals surface area (Å²) < 4.78 is 0. The molecule has 1 aromatic heterocycles. The number of hydrogen-bond acceptors (Lipinski definition) is 4. The molecule has 1 amide bonds. The molecule has 1 aliphatic heterocycles. The minimum Gasteiger partial charge on any atom is -0.353 e. The van der Waals surface area contributed by atoms with E-state index < -0.39 is 0 Å². The van der Waals surface area contributed by atoms with Crippen molar-refractivity contribution in [1.82, 2.24) is 10.3 Å². The van der Waals surface area contributed by atoms with E-state index in [1.807, 2.05) is 11.6 Å². The predicted octanol–water partition coefficient (Wildman–Crippen LogP) is 2.81. The molecular weight excluding hydrogens is 270 g/mol. The molecule has 1 aromatic rings. The number of rotatable bonds is 4. The number of nitrogens with one attached hydrogen (secondary N) is 1. The third kappa shape index (κ3) is 3.51. The van der Waals surface area contributed by atoms with Crippen molar-refractivity contribution >= 4 is 22.4 Å². The normalized spacial score (nSPS) is 21.3. The Morgan fingerprint density at radius 2 is 2.05 bits per heavy atom. The predicted molar refractivity (Wildman–Crippen MR) is 82.1 cm³/mol. The number of hydrogen-bond donors (Lipinski definition) is 1. The number of anilines is 1. The molecule has 1 saturated carbocycles. The second-order valence-corrected chi connectivity index (χ2v) is 6.87. The van der Waals surface area contributed by atoms with Gasteiger partial charge in [0, 0.05) is 37.1 Å². The summed E-state index contributed by atoms with van der Waals surface area (Å²) >= 11 is 1.69. The van der Waals surface area contributed by atoms with Gasteiger partial charge in [0.1, 0.15) is 0 Å². The molecular formula is C15H23N3OS. The topological polar surface area (TPSA) is 45.2 Å². The lowest BCUT2D eigenvalue weighted by Crippen LogP contribution is -2.45. The van der Waals surface area contributed by atoms with E-state index in [2.05, 4.69) is 15.2 Å². The maximum atomic E-state index is 12.0. The standard InChI is InChI=1S/C15H23N3OS/c19-14(11-12-3-1-2-4-12)17-13-5-8-18(9-6-13)15-16-7-10-20-15/h7,10,12-13H,1-6,8-9,11H2,(H,17,19). The molecule has 2 heterocycles. The second-order valence-electron chi connectivity index (χ2n) is 6.00. The number of piperidine rings is 1. The molecule has 20 heavy (non-hydrogen) atoms. The van der Waals surface area contributed by atoms with Crippen LogP contribution in [0.2, 0.25) is 0 Å². The van der Waals surface area contributed by atoms with Gasteiger partial charge in [-0.3, -0.25) is 4.79 Å². The van der Waals surface area contributed by atoms with Crippen LogP contribution in [0, 0.1) is 5.92 Å². The molecule has 2 fully saturated rings. The van der Waals surface area contributed by atoms with E-state index in [0.717, 1.165) is 37.5 Å². The van der Waals surface area contributed by atoms with Gasteiger partial charge in [-0.25, -0.2) is 4.98 Å². The van der Waals surface area contributed by atoms with Crippen molar-refractivity contribution in [3.05, 3.63) is 11.6 Å². The van der Waals surface area contributed by atoms with E-state index in [4.69, 9.17) is 0 Å². The molecule has 0 unspecified atom stereocenters. The zero-order chi connectivity index (χ0) is 13.8. The number of amides is 1. The van der Waals surface area contributed by atoms with E-state index in [1.54, 1.807) is 11.3 Å². The summed E-state index contributed by atoms with van der Waals surface area (Å²) in [7, 11) is 0. The van der Waals surface area contributed by atoms with Crippen LogP contribution in [-0.4, -0.2) is 30.0 Å². The fourth-order valence-electron chi connectivity index (χ4n) is 3.35. The van der Waals surface area contributed by atoms with Crippen LogP contribution in [0.15, 0.2) is 11.6 Å². The summed E-state index contributed by atoms with van der Waals surface area (Å²) in [6, 6.07) is 0.361. The van der Waals surface area contributed by atoms with Gasteiger partial charge in [0.25, 0.3) is 0 Å². The van der Waals surface area contributed by atoms with E-state index in [0.29, 0.717) is 12.0 Å². The summed E-state index contributed by atoms with van der Waals surface area (Å²) in [6.45, 7) is 2.00. The highest BCUT2D eigenvalue weighted by Gasteiger charge is 2.24. The van der Waals surface area contributed by atoms with E-state index in [-0.39, 0.29) is 5.91 Å². The van der Waals surface area contributed by atoms with E-state index >= 15 is 0 Å². The number of carbonyl (C=O) groups is 1. The molecule has 0 radical (unpaired) electrons. The van der Waals surface area contributed by atoms with Gasteiger partial charge in [-0.15, -0.1) is 11.3 Å². The van der Waals surface area contributed by atoms with Crippen LogP contribution < -0.4 is 10.2 Å². The van der Waals surface area contributed by atoms with Crippen LogP contribution in [0.25, 0.3) is 0 Å². The molecule has 2 aliphatic rings. The van der Waals surface area contributed by atoms with Gasteiger partial charge in [0.05, 0.1) is 0 Å². The summed E-state index contributed by atoms with van der Waals surface area (Å²) in [5.41, 5.74) is 0. The Bertz CT molecular complexity index is 420. The first-order chi connectivity index (χ1) is 9.81. The highest BCUT2D eigenvalue weighted by Crippen LogP contribution is 2.27. The molecule has 1 N–H and O–H groups in total. The van der Waals surface area contributed by atoms with Crippen LogP contribution in [0.3, 0.4) is 0 Å². The Balaban J connectivity index is 1.40.